The molecular weight excluding hydrogens is 222 g/mol. The van der Waals surface area contributed by atoms with Gasteiger partial charge in [-0.25, -0.2) is 0 Å². The predicted molar refractivity (Wildman–Crippen MR) is 76.9 cm³/mol. The Morgan fingerprint density at radius 2 is 2.06 bits per heavy atom. The van der Waals surface area contributed by atoms with E-state index in [0.29, 0.717) is 6.04 Å². The molecule has 98 valence electrons. The van der Waals surface area contributed by atoms with Gasteiger partial charge in [-0.1, -0.05) is 38.0 Å². The van der Waals surface area contributed by atoms with Gasteiger partial charge in [-0.15, -0.1) is 0 Å². The van der Waals surface area contributed by atoms with Gasteiger partial charge < -0.3 is 9.73 Å². The molecule has 1 heterocycles. The highest BCUT2D eigenvalue weighted by Gasteiger charge is 2.07. The molecule has 0 aliphatic rings. The molecule has 1 atom stereocenters. The molecule has 1 aromatic heterocycles. The number of nitrogens with one attached hydrogen (secondary N) is 1. The molecule has 0 bridgehead atoms. The molecule has 0 saturated heterocycles. The van der Waals surface area contributed by atoms with Crippen molar-refractivity contribution in [2.45, 2.75) is 45.6 Å². The molecule has 0 radical (unpaired) electrons. The Bertz CT molecular complexity index is 442. The number of benzene rings is 1. The van der Waals surface area contributed by atoms with Crippen LogP contribution in [0, 0.1) is 0 Å². The summed E-state index contributed by atoms with van der Waals surface area (Å²) < 4.78 is 5.83. The van der Waals surface area contributed by atoms with Crippen LogP contribution in [0.4, 0.5) is 0 Å². The molecule has 1 N–H and O–H groups in total. The van der Waals surface area contributed by atoms with Crippen molar-refractivity contribution in [2.24, 2.45) is 0 Å². The topological polar surface area (TPSA) is 25.2 Å². The third kappa shape index (κ3) is 3.61. The van der Waals surface area contributed by atoms with E-state index in [9.17, 15) is 0 Å². The molecular formula is C16H23NO. The highest BCUT2D eigenvalue weighted by Crippen LogP contribution is 2.19. The van der Waals surface area contributed by atoms with Crippen LogP contribution in [0.5, 0.6) is 0 Å². The highest BCUT2D eigenvalue weighted by atomic mass is 16.3. The summed E-state index contributed by atoms with van der Waals surface area (Å²) in [5.74, 6) is 1.08. The van der Waals surface area contributed by atoms with E-state index in [1.54, 1.807) is 0 Å². The second-order valence-corrected chi connectivity index (χ2v) is 5.02. The van der Waals surface area contributed by atoms with Gasteiger partial charge in [0.1, 0.15) is 11.3 Å². The minimum Gasteiger partial charge on any atom is -0.461 e. The van der Waals surface area contributed by atoms with Crippen LogP contribution in [-0.2, 0) is 6.42 Å². The van der Waals surface area contributed by atoms with Crippen molar-refractivity contribution in [1.29, 1.82) is 0 Å². The lowest BCUT2D eigenvalue weighted by atomic mass is 10.1. The molecule has 0 saturated carbocycles. The summed E-state index contributed by atoms with van der Waals surface area (Å²) in [6, 6.07) is 10.8. The van der Waals surface area contributed by atoms with Gasteiger partial charge in [-0.3, -0.25) is 0 Å². The Balaban J connectivity index is 1.84. The molecule has 2 nitrogen and oxygen atoms in total. The van der Waals surface area contributed by atoms with Gasteiger partial charge in [0, 0.05) is 17.8 Å². The van der Waals surface area contributed by atoms with E-state index in [1.807, 2.05) is 18.2 Å². The molecule has 0 aliphatic heterocycles. The fraction of sp³-hybridized carbons (Fsp3) is 0.500. The van der Waals surface area contributed by atoms with Crippen LogP contribution >= 0.6 is 0 Å². The number of rotatable bonds is 7. The van der Waals surface area contributed by atoms with E-state index in [4.69, 9.17) is 4.42 Å². The zero-order valence-electron chi connectivity index (χ0n) is 11.4. The number of para-hydroxylation sites is 1. The maximum atomic E-state index is 5.83. The van der Waals surface area contributed by atoms with E-state index in [2.05, 4.69) is 31.3 Å². The van der Waals surface area contributed by atoms with Crippen LogP contribution in [0.2, 0.25) is 0 Å². The van der Waals surface area contributed by atoms with Crippen molar-refractivity contribution in [3.63, 3.8) is 0 Å². The number of fused-ring (bicyclic) bond motifs is 1. The number of hydrogen-bond donors (Lipinski definition) is 1. The van der Waals surface area contributed by atoms with Crippen LogP contribution in [0.15, 0.2) is 34.7 Å². The summed E-state index contributed by atoms with van der Waals surface area (Å²) in [5.41, 5.74) is 0.991. The van der Waals surface area contributed by atoms with Crippen molar-refractivity contribution in [3.8, 4) is 0 Å². The Morgan fingerprint density at radius 3 is 2.83 bits per heavy atom. The Morgan fingerprint density at radius 1 is 1.22 bits per heavy atom. The second kappa shape index (κ2) is 6.60. The maximum absolute atomic E-state index is 5.83. The van der Waals surface area contributed by atoms with E-state index in [0.717, 1.165) is 24.3 Å². The molecule has 0 spiro atoms. The molecule has 0 fully saturated rings. The monoisotopic (exact) mass is 245 g/mol. The van der Waals surface area contributed by atoms with Gasteiger partial charge >= 0.3 is 0 Å². The smallest absolute Gasteiger partial charge is 0.134 e. The van der Waals surface area contributed by atoms with E-state index in [1.165, 1.54) is 24.6 Å². The zero-order chi connectivity index (χ0) is 12.8. The summed E-state index contributed by atoms with van der Waals surface area (Å²) in [6.45, 7) is 5.56. The van der Waals surface area contributed by atoms with Crippen molar-refractivity contribution >= 4 is 11.0 Å². The maximum Gasteiger partial charge on any atom is 0.134 e. The minimum absolute atomic E-state index is 0.474. The standard InChI is InChI=1S/C16H23NO/c1-3-4-7-10-17-13(2)11-15-12-14-8-5-6-9-16(14)18-15/h5-6,8-9,12-13,17H,3-4,7,10-11H2,1-2H3/t13-/m1/s1. The first-order chi connectivity index (χ1) is 8.79. The van der Waals surface area contributed by atoms with Crippen LogP contribution in [-0.4, -0.2) is 12.6 Å². The fourth-order valence-corrected chi connectivity index (χ4v) is 2.23. The first-order valence-corrected chi connectivity index (χ1v) is 7.00. The lowest BCUT2D eigenvalue weighted by molar-refractivity contribution is 0.469. The quantitative estimate of drug-likeness (QED) is 0.741. The molecule has 18 heavy (non-hydrogen) atoms. The number of furan rings is 1. The second-order valence-electron chi connectivity index (χ2n) is 5.02. The lowest BCUT2D eigenvalue weighted by Crippen LogP contribution is -2.28. The third-order valence-corrected chi connectivity index (χ3v) is 3.26. The molecule has 2 heteroatoms. The summed E-state index contributed by atoms with van der Waals surface area (Å²) in [6.07, 6.45) is 4.81. The molecule has 0 unspecified atom stereocenters. The van der Waals surface area contributed by atoms with Crippen LogP contribution in [0.3, 0.4) is 0 Å². The largest absolute Gasteiger partial charge is 0.461 e. The van der Waals surface area contributed by atoms with Crippen molar-refractivity contribution in [3.05, 3.63) is 36.1 Å². The van der Waals surface area contributed by atoms with Gasteiger partial charge in [-0.05, 0) is 32.0 Å². The van der Waals surface area contributed by atoms with Gasteiger partial charge in [0.15, 0.2) is 0 Å². The van der Waals surface area contributed by atoms with E-state index in [-0.39, 0.29) is 0 Å². The van der Waals surface area contributed by atoms with E-state index < -0.39 is 0 Å². The van der Waals surface area contributed by atoms with Gasteiger partial charge in [-0.2, -0.15) is 0 Å². The van der Waals surface area contributed by atoms with Crippen LogP contribution in [0.25, 0.3) is 11.0 Å². The third-order valence-electron chi connectivity index (χ3n) is 3.26. The first-order valence-electron chi connectivity index (χ1n) is 7.00. The van der Waals surface area contributed by atoms with Gasteiger partial charge in [0.05, 0.1) is 0 Å². The van der Waals surface area contributed by atoms with Crippen molar-refractivity contribution < 1.29 is 4.42 Å². The van der Waals surface area contributed by atoms with Crippen molar-refractivity contribution in [1.82, 2.24) is 5.32 Å². The number of unbranched alkanes of at least 4 members (excludes halogenated alkanes) is 2. The van der Waals surface area contributed by atoms with E-state index >= 15 is 0 Å². The highest BCUT2D eigenvalue weighted by molar-refractivity contribution is 5.77. The van der Waals surface area contributed by atoms with Gasteiger partial charge in [0.2, 0.25) is 0 Å². The summed E-state index contributed by atoms with van der Waals surface area (Å²) in [4.78, 5) is 0. The number of hydrogen-bond acceptors (Lipinski definition) is 2. The lowest BCUT2D eigenvalue weighted by Gasteiger charge is -2.11. The molecule has 2 aromatic rings. The fourth-order valence-electron chi connectivity index (χ4n) is 2.23. The van der Waals surface area contributed by atoms with Gasteiger partial charge in [0.25, 0.3) is 0 Å². The zero-order valence-corrected chi connectivity index (χ0v) is 11.4. The van der Waals surface area contributed by atoms with Crippen LogP contribution < -0.4 is 5.32 Å². The molecule has 0 amide bonds. The predicted octanol–water partition coefficient (Wildman–Crippen LogP) is 4.14. The minimum atomic E-state index is 0.474. The van der Waals surface area contributed by atoms with Crippen LogP contribution in [0.1, 0.15) is 38.9 Å². The normalized spacial score (nSPS) is 13.0. The summed E-state index contributed by atoms with van der Waals surface area (Å²) in [5, 5.41) is 4.75. The molecule has 1 aromatic carbocycles. The summed E-state index contributed by atoms with van der Waals surface area (Å²) >= 11 is 0. The molecule has 0 aliphatic carbocycles. The first kappa shape index (κ1) is 13.2. The average molecular weight is 245 g/mol. The Hall–Kier alpha value is -1.28. The molecule has 2 rings (SSSR count). The Kier molecular flexibility index (Phi) is 4.82. The summed E-state index contributed by atoms with van der Waals surface area (Å²) in [7, 11) is 0. The average Bonchev–Trinajstić information content (AvgIpc) is 2.76. The Labute approximate surface area is 109 Å². The van der Waals surface area contributed by atoms with Crippen molar-refractivity contribution in [2.75, 3.05) is 6.54 Å². The SMILES string of the molecule is CCCCCN[C@H](C)Cc1cc2ccccc2o1.